The molecule has 0 radical (unpaired) electrons. The van der Waals surface area contributed by atoms with Crippen LogP contribution in [0.15, 0.2) is 45.5 Å². The lowest BCUT2D eigenvalue weighted by Gasteiger charge is -2.22. The maximum atomic E-state index is 12.8. The van der Waals surface area contributed by atoms with Gasteiger partial charge in [0.25, 0.3) is 0 Å². The van der Waals surface area contributed by atoms with Gasteiger partial charge in [0.2, 0.25) is 11.8 Å². The molecule has 1 aliphatic heterocycles. The van der Waals surface area contributed by atoms with Crippen molar-refractivity contribution < 1.29 is 18.0 Å². The molecule has 0 fully saturated rings. The molecule has 0 saturated heterocycles. The number of amides is 2. The largest absolute Gasteiger partial charge is 0.351 e. The van der Waals surface area contributed by atoms with Gasteiger partial charge >= 0.3 is 0 Å². The van der Waals surface area contributed by atoms with E-state index in [-0.39, 0.29) is 28.4 Å². The minimum atomic E-state index is -3.69. The summed E-state index contributed by atoms with van der Waals surface area (Å²) in [5.74, 6) is -0.460. The van der Waals surface area contributed by atoms with Crippen molar-refractivity contribution >= 4 is 50.4 Å². The summed E-state index contributed by atoms with van der Waals surface area (Å²) in [5.41, 5.74) is 0.499. The predicted octanol–water partition coefficient (Wildman–Crippen LogP) is 3.05. The third-order valence-corrected chi connectivity index (χ3v) is 8.44. The third kappa shape index (κ3) is 4.53. The average Bonchev–Trinajstić information content (AvgIpc) is 3.14. The summed E-state index contributed by atoms with van der Waals surface area (Å²) in [6.07, 6.45) is -0.122. The van der Waals surface area contributed by atoms with Gasteiger partial charge in [-0.1, -0.05) is 6.07 Å². The van der Waals surface area contributed by atoms with Crippen LogP contribution in [0.3, 0.4) is 0 Å². The van der Waals surface area contributed by atoms with Crippen molar-refractivity contribution in [3.05, 3.63) is 40.6 Å². The highest BCUT2D eigenvalue weighted by atomic mass is 32.2. The zero-order valence-corrected chi connectivity index (χ0v) is 17.3. The SMILES string of the molecule is C[C@H]1Sc2ccc(S(=O)(=O)[C@@H](C)CC(=O)NCc3cccs3)cc2NC1=O. The second-order valence-corrected chi connectivity index (χ2v) is 11.1. The Bertz CT molecular complexity index is 955. The van der Waals surface area contributed by atoms with Gasteiger partial charge in [-0.2, -0.15) is 0 Å². The second kappa shape index (κ2) is 8.04. The number of anilines is 1. The van der Waals surface area contributed by atoms with E-state index in [1.165, 1.54) is 42.2 Å². The van der Waals surface area contributed by atoms with Crippen LogP contribution >= 0.6 is 23.1 Å². The Morgan fingerprint density at radius 2 is 2.11 bits per heavy atom. The quantitative estimate of drug-likeness (QED) is 0.744. The Kier molecular flexibility index (Phi) is 5.92. The van der Waals surface area contributed by atoms with Gasteiger partial charge in [0.05, 0.1) is 27.6 Å². The van der Waals surface area contributed by atoms with Gasteiger partial charge in [0.1, 0.15) is 0 Å². The van der Waals surface area contributed by atoms with Gasteiger partial charge in [0, 0.05) is 16.2 Å². The molecule has 1 aromatic heterocycles. The number of fused-ring (bicyclic) bond motifs is 1. The van der Waals surface area contributed by atoms with E-state index >= 15 is 0 Å². The van der Waals surface area contributed by atoms with Crippen LogP contribution in [-0.4, -0.2) is 30.7 Å². The Balaban J connectivity index is 1.69. The molecule has 2 aromatic rings. The number of carbonyl (C=O) groups excluding carboxylic acids is 2. The number of carbonyl (C=O) groups is 2. The molecular formula is C18H20N2O4S3. The molecule has 0 saturated carbocycles. The number of rotatable bonds is 6. The molecule has 0 unspecified atom stereocenters. The van der Waals surface area contributed by atoms with Gasteiger partial charge in [-0.25, -0.2) is 8.42 Å². The van der Waals surface area contributed by atoms with Crippen molar-refractivity contribution in [1.82, 2.24) is 5.32 Å². The normalized spacial score (nSPS) is 17.7. The summed E-state index contributed by atoms with van der Waals surface area (Å²) >= 11 is 2.92. The molecule has 2 atom stereocenters. The first-order valence-corrected chi connectivity index (χ1v) is 11.7. The number of nitrogens with one attached hydrogen (secondary N) is 2. The molecule has 2 amide bonds. The van der Waals surface area contributed by atoms with Crippen LogP contribution in [0.4, 0.5) is 5.69 Å². The predicted molar refractivity (Wildman–Crippen MR) is 108 cm³/mol. The fraction of sp³-hybridized carbons (Fsp3) is 0.333. The molecule has 9 heteroatoms. The number of hydrogen-bond acceptors (Lipinski definition) is 6. The number of thiophene rings is 1. The fourth-order valence-electron chi connectivity index (χ4n) is 2.64. The van der Waals surface area contributed by atoms with Crippen molar-refractivity contribution in [2.24, 2.45) is 0 Å². The van der Waals surface area contributed by atoms with E-state index in [1.807, 2.05) is 17.5 Å². The zero-order valence-electron chi connectivity index (χ0n) is 14.9. The van der Waals surface area contributed by atoms with Crippen LogP contribution in [0, 0.1) is 0 Å². The Hall–Kier alpha value is -1.84. The molecule has 27 heavy (non-hydrogen) atoms. The molecule has 144 valence electrons. The standard InChI is InChI=1S/C18H20N2O4S3/c1-11(8-17(21)19-10-13-4-3-7-25-13)27(23,24)14-5-6-16-15(9-14)20-18(22)12(2)26-16/h3-7,9,11-12H,8,10H2,1-2H3,(H,19,21)(H,20,22)/t11-,12+/m0/s1. The molecule has 2 N–H and O–H groups in total. The molecule has 2 heterocycles. The van der Waals surface area contributed by atoms with Crippen LogP contribution in [0.1, 0.15) is 25.1 Å². The molecule has 0 bridgehead atoms. The molecule has 1 aromatic carbocycles. The highest BCUT2D eigenvalue weighted by Gasteiger charge is 2.29. The third-order valence-electron chi connectivity index (χ3n) is 4.25. The van der Waals surface area contributed by atoms with Crippen LogP contribution in [0.2, 0.25) is 0 Å². The Morgan fingerprint density at radius 1 is 1.33 bits per heavy atom. The summed E-state index contributed by atoms with van der Waals surface area (Å²) in [7, 11) is -3.69. The number of hydrogen-bond donors (Lipinski definition) is 2. The molecule has 0 aliphatic carbocycles. The number of sulfone groups is 1. The molecule has 0 spiro atoms. The van der Waals surface area contributed by atoms with E-state index in [0.29, 0.717) is 12.2 Å². The first-order chi connectivity index (χ1) is 12.8. The van der Waals surface area contributed by atoms with E-state index in [0.717, 1.165) is 9.77 Å². The highest BCUT2D eigenvalue weighted by molar-refractivity contribution is 8.01. The lowest BCUT2D eigenvalue weighted by molar-refractivity contribution is -0.121. The zero-order chi connectivity index (χ0) is 19.6. The van der Waals surface area contributed by atoms with E-state index in [9.17, 15) is 18.0 Å². The lowest BCUT2D eigenvalue weighted by Crippen LogP contribution is -2.30. The maximum absolute atomic E-state index is 12.8. The topological polar surface area (TPSA) is 92.3 Å². The Labute approximate surface area is 166 Å². The van der Waals surface area contributed by atoms with Crippen LogP contribution < -0.4 is 10.6 Å². The van der Waals surface area contributed by atoms with Crippen LogP contribution in [-0.2, 0) is 26.0 Å². The van der Waals surface area contributed by atoms with E-state index in [2.05, 4.69) is 10.6 Å². The number of benzene rings is 1. The van der Waals surface area contributed by atoms with Gasteiger partial charge in [-0.3, -0.25) is 9.59 Å². The van der Waals surface area contributed by atoms with Crippen LogP contribution in [0.25, 0.3) is 0 Å². The van der Waals surface area contributed by atoms with Crippen molar-refractivity contribution in [1.29, 1.82) is 0 Å². The average molecular weight is 425 g/mol. The van der Waals surface area contributed by atoms with E-state index in [1.54, 1.807) is 13.0 Å². The molecule has 3 rings (SSSR count). The molecule has 1 aliphatic rings. The monoisotopic (exact) mass is 424 g/mol. The lowest BCUT2D eigenvalue weighted by atomic mass is 10.3. The van der Waals surface area contributed by atoms with Gasteiger partial charge < -0.3 is 10.6 Å². The minimum Gasteiger partial charge on any atom is -0.351 e. The first kappa shape index (κ1) is 19.9. The Morgan fingerprint density at radius 3 is 2.81 bits per heavy atom. The fourth-order valence-corrected chi connectivity index (χ4v) is 5.59. The summed E-state index contributed by atoms with van der Waals surface area (Å²) in [5, 5.41) is 6.31. The van der Waals surface area contributed by atoms with Crippen LogP contribution in [0.5, 0.6) is 0 Å². The summed E-state index contributed by atoms with van der Waals surface area (Å²) < 4.78 is 25.7. The van der Waals surface area contributed by atoms with Crippen molar-refractivity contribution in [2.45, 2.75) is 47.1 Å². The van der Waals surface area contributed by atoms with E-state index < -0.39 is 15.1 Å². The maximum Gasteiger partial charge on any atom is 0.237 e. The second-order valence-electron chi connectivity index (χ2n) is 6.32. The summed E-state index contributed by atoms with van der Waals surface area (Å²) in [6.45, 7) is 3.71. The van der Waals surface area contributed by atoms with Gasteiger partial charge in [-0.05, 0) is 43.5 Å². The molecular weight excluding hydrogens is 404 g/mol. The van der Waals surface area contributed by atoms with E-state index in [4.69, 9.17) is 0 Å². The van der Waals surface area contributed by atoms with Crippen molar-refractivity contribution in [3.63, 3.8) is 0 Å². The van der Waals surface area contributed by atoms with Gasteiger partial charge in [-0.15, -0.1) is 23.1 Å². The van der Waals surface area contributed by atoms with Gasteiger partial charge in [0.15, 0.2) is 9.84 Å². The first-order valence-electron chi connectivity index (χ1n) is 8.42. The summed E-state index contributed by atoms with van der Waals surface area (Å²) in [4.78, 5) is 25.9. The minimum absolute atomic E-state index is 0.107. The molecule has 6 nitrogen and oxygen atoms in total. The van der Waals surface area contributed by atoms with Crippen molar-refractivity contribution in [2.75, 3.05) is 5.32 Å². The van der Waals surface area contributed by atoms with Crippen molar-refractivity contribution in [3.8, 4) is 0 Å². The highest BCUT2D eigenvalue weighted by Crippen LogP contribution is 2.37. The smallest absolute Gasteiger partial charge is 0.237 e. The summed E-state index contributed by atoms with van der Waals surface area (Å²) in [6, 6.07) is 8.51. The number of thioether (sulfide) groups is 1.